The summed E-state index contributed by atoms with van der Waals surface area (Å²) < 4.78 is 16.7. The van der Waals surface area contributed by atoms with Crippen LogP contribution in [0.25, 0.3) is 11.4 Å². The summed E-state index contributed by atoms with van der Waals surface area (Å²) >= 11 is 6.44. The standard InChI is InChI=1S/C26H26ClN5O6/c1-12(2)32-30-25(29-31-32)14-6-7-17(33)16(9-14)28-15-8-13(3)26(20(34)10-15)24(35)21-18(36-4)11-19(37-5)22(27)23(21)38-26/h6-7,9-13,28,33H,8H2,1-5H3/t13-,26+/m1/s1. The third kappa shape index (κ3) is 3.85. The molecule has 11 nitrogen and oxygen atoms in total. The second kappa shape index (κ2) is 9.32. The number of carbonyl (C=O) groups excluding carboxylic acids is 2. The van der Waals surface area contributed by atoms with Gasteiger partial charge in [-0.3, -0.25) is 9.59 Å². The minimum atomic E-state index is -1.79. The Balaban J connectivity index is 1.46. The van der Waals surface area contributed by atoms with E-state index in [1.54, 1.807) is 19.1 Å². The molecule has 0 amide bonds. The molecular formula is C26H26ClN5O6. The molecule has 0 bridgehead atoms. The number of halogens is 1. The summed E-state index contributed by atoms with van der Waals surface area (Å²) in [6, 6.07) is 6.38. The highest BCUT2D eigenvalue weighted by molar-refractivity contribution is 6.36. The lowest BCUT2D eigenvalue weighted by atomic mass is 9.74. The Morgan fingerprint density at radius 1 is 1.21 bits per heavy atom. The first-order valence-electron chi connectivity index (χ1n) is 11.9. The van der Waals surface area contributed by atoms with Gasteiger partial charge in [-0.1, -0.05) is 18.5 Å². The molecule has 0 fully saturated rings. The molecule has 2 N–H and O–H groups in total. The number of ether oxygens (including phenoxy) is 3. The molecular weight excluding hydrogens is 514 g/mol. The number of fused-ring (bicyclic) bond motifs is 1. The predicted molar refractivity (Wildman–Crippen MR) is 138 cm³/mol. The molecule has 5 rings (SSSR count). The van der Waals surface area contributed by atoms with Gasteiger partial charge in [-0.2, -0.15) is 4.80 Å². The SMILES string of the molecule is COc1cc(OC)c2c(c1Cl)O[C@@]1(C(=O)C=C(Nc3cc(-c4nnn(C(C)C)n4)ccc3O)C[C@H]1C)C2=O. The van der Waals surface area contributed by atoms with Crippen molar-refractivity contribution in [3.05, 3.63) is 46.6 Å². The van der Waals surface area contributed by atoms with E-state index in [0.29, 0.717) is 22.8 Å². The van der Waals surface area contributed by atoms with Crippen molar-refractivity contribution in [2.24, 2.45) is 5.92 Å². The molecule has 2 aromatic carbocycles. The third-order valence-corrected chi connectivity index (χ3v) is 7.11. The Morgan fingerprint density at radius 2 is 1.95 bits per heavy atom. The van der Waals surface area contributed by atoms with E-state index >= 15 is 0 Å². The number of rotatable bonds is 6. The van der Waals surface area contributed by atoms with Crippen LogP contribution in [0.1, 0.15) is 43.6 Å². The lowest BCUT2D eigenvalue weighted by Crippen LogP contribution is -2.55. The van der Waals surface area contributed by atoms with Crippen LogP contribution in [-0.4, -0.2) is 56.7 Å². The van der Waals surface area contributed by atoms with E-state index in [1.165, 1.54) is 37.2 Å². The van der Waals surface area contributed by atoms with Gasteiger partial charge in [0, 0.05) is 29.3 Å². The largest absolute Gasteiger partial charge is 0.506 e. The molecule has 38 heavy (non-hydrogen) atoms. The number of benzene rings is 2. The summed E-state index contributed by atoms with van der Waals surface area (Å²) in [5, 5.41) is 26.2. The van der Waals surface area contributed by atoms with Crippen molar-refractivity contribution < 1.29 is 28.9 Å². The fraction of sp³-hybridized carbons (Fsp3) is 0.346. The molecule has 0 saturated heterocycles. The minimum absolute atomic E-state index is 0.0319. The second-order valence-electron chi connectivity index (χ2n) is 9.49. The van der Waals surface area contributed by atoms with Crippen molar-refractivity contribution in [3.63, 3.8) is 0 Å². The topological polar surface area (TPSA) is 138 Å². The van der Waals surface area contributed by atoms with E-state index in [0.717, 1.165) is 0 Å². The minimum Gasteiger partial charge on any atom is -0.506 e. The number of hydrogen-bond acceptors (Lipinski definition) is 10. The molecule has 3 aromatic rings. The highest BCUT2D eigenvalue weighted by Crippen LogP contribution is 2.53. The van der Waals surface area contributed by atoms with E-state index in [9.17, 15) is 14.7 Å². The van der Waals surface area contributed by atoms with Crippen LogP contribution in [0.5, 0.6) is 23.0 Å². The van der Waals surface area contributed by atoms with Gasteiger partial charge in [-0.15, -0.1) is 10.2 Å². The lowest BCUT2D eigenvalue weighted by Gasteiger charge is -2.35. The maximum Gasteiger partial charge on any atom is 0.236 e. The van der Waals surface area contributed by atoms with Gasteiger partial charge in [0.1, 0.15) is 27.8 Å². The first-order chi connectivity index (χ1) is 18.1. The van der Waals surface area contributed by atoms with Gasteiger partial charge in [0.15, 0.2) is 5.75 Å². The molecule has 0 unspecified atom stereocenters. The number of anilines is 1. The number of aromatic nitrogens is 4. The fourth-order valence-corrected chi connectivity index (χ4v) is 4.99. The number of hydrogen-bond donors (Lipinski definition) is 2. The number of nitrogens with one attached hydrogen (secondary N) is 1. The Morgan fingerprint density at radius 3 is 2.58 bits per heavy atom. The average Bonchev–Trinajstić information content (AvgIpc) is 3.50. The second-order valence-corrected chi connectivity index (χ2v) is 9.87. The van der Waals surface area contributed by atoms with Crippen molar-refractivity contribution in [2.75, 3.05) is 19.5 Å². The number of phenols is 1. The van der Waals surface area contributed by atoms with Crippen molar-refractivity contribution in [2.45, 2.75) is 38.8 Å². The van der Waals surface area contributed by atoms with E-state index < -0.39 is 23.1 Å². The highest BCUT2D eigenvalue weighted by Gasteiger charge is 2.60. The van der Waals surface area contributed by atoms with Gasteiger partial charge in [-0.25, -0.2) is 0 Å². The van der Waals surface area contributed by atoms with Gasteiger partial charge in [0.25, 0.3) is 0 Å². The molecule has 0 radical (unpaired) electrons. The number of nitrogens with zero attached hydrogens (tertiary/aromatic N) is 4. The predicted octanol–water partition coefficient (Wildman–Crippen LogP) is 4.22. The Kier molecular flexibility index (Phi) is 6.26. The van der Waals surface area contributed by atoms with Crippen LogP contribution in [0.15, 0.2) is 36.0 Å². The number of carbonyl (C=O) groups is 2. The van der Waals surface area contributed by atoms with E-state index in [2.05, 4.69) is 20.7 Å². The normalized spacial score (nSPS) is 20.4. The maximum absolute atomic E-state index is 13.7. The number of allylic oxidation sites excluding steroid dienone is 1. The molecule has 1 aromatic heterocycles. The third-order valence-electron chi connectivity index (χ3n) is 6.75. The van der Waals surface area contributed by atoms with Gasteiger partial charge in [-0.05, 0) is 43.7 Å². The molecule has 0 saturated carbocycles. The molecule has 2 aliphatic rings. The molecule has 2 atom stereocenters. The summed E-state index contributed by atoms with van der Waals surface area (Å²) in [4.78, 5) is 28.7. The first-order valence-corrected chi connectivity index (χ1v) is 12.3. The summed E-state index contributed by atoms with van der Waals surface area (Å²) in [6.07, 6.45) is 1.59. The average molecular weight is 540 g/mol. The van der Waals surface area contributed by atoms with Crippen LogP contribution in [0, 0.1) is 5.92 Å². The van der Waals surface area contributed by atoms with Crippen LogP contribution in [0.2, 0.25) is 5.02 Å². The zero-order valence-corrected chi connectivity index (χ0v) is 22.2. The summed E-state index contributed by atoms with van der Waals surface area (Å²) in [7, 11) is 2.84. The van der Waals surface area contributed by atoms with Crippen molar-refractivity contribution >= 4 is 28.9 Å². The lowest BCUT2D eigenvalue weighted by molar-refractivity contribution is -0.129. The molecule has 1 aliphatic carbocycles. The number of aromatic hydroxyl groups is 1. The summed E-state index contributed by atoms with van der Waals surface area (Å²) in [6.45, 7) is 5.62. The Bertz CT molecular complexity index is 1500. The monoisotopic (exact) mass is 539 g/mol. The smallest absolute Gasteiger partial charge is 0.236 e. The van der Waals surface area contributed by atoms with Crippen molar-refractivity contribution in [1.82, 2.24) is 20.2 Å². The van der Waals surface area contributed by atoms with Crippen LogP contribution in [0.3, 0.4) is 0 Å². The summed E-state index contributed by atoms with van der Waals surface area (Å²) in [5.74, 6) is -0.750. The van der Waals surface area contributed by atoms with Gasteiger partial charge >= 0.3 is 0 Å². The van der Waals surface area contributed by atoms with Gasteiger partial charge in [0.2, 0.25) is 23.0 Å². The van der Waals surface area contributed by atoms with E-state index in [4.69, 9.17) is 25.8 Å². The number of phenolic OH excluding ortho intramolecular Hbond substituents is 1. The van der Waals surface area contributed by atoms with Crippen molar-refractivity contribution in [1.29, 1.82) is 0 Å². The van der Waals surface area contributed by atoms with Crippen LogP contribution < -0.4 is 19.5 Å². The van der Waals surface area contributed by atoms with Gasteiger partial charge in [0.05, 0.1) is 25.9 Å². The van der Waals surface area contributed by atoms with E-state index in [-0.39, 0.29) is 46.0 Å². The van der Waals surface area contributed by atoms with Gasteiger partial charge < -0.3 is 24.6 Å². The quantitative estimate of drug-likeness (QED) is 0.346. The summed E-state index contributed by atoms with van der Waals surface area (Å²) in [5.41, 5.74) is -0.204. The number of ketones is 2. The zero-order chi connectivity index (χ0) is 27.4. The first kappa shape index (κ1) is 25.5. The van der Waals surface area contributed by atoms with E-state index in [1.807, 2.05) is 13.8 Å². The van der Waals surface area contributed by atoms with Crippen LogP contribution in [0.4, 0.5) is 5.69 Å². The molecule has 198 valence electrons. The van der Waals surface area contributed by atoms with Crippen molar-refractivity contribution in [3.8, 4) is 34.4 Å². The van der Waals surface area contributed by atoms with Crippen LogP contribution in [-0.2, 0) is 4.79 Å². The highest BCUT2D eigenvalue weighted by atomic mass is 35.5. The molecule has 1 aliphatic heterocycles. The maximum atomic E-state index is 13.7. The Labute approximate surface area is 223 Å². The Hall–Kier alpha value is -4.12. The molecule has 1 spiro atoms. The molecule has 2 heterocycles. The molecule has 12 heteroatoms. The zero-order valence-electron chi connectivity index (χ0n) is 21.4. The number of Topliss-reactive ketones (excluding diaryl/α,β-unsaturated/α-hetero) is 1. The number of tetrazole rings is 1. The fourth-order valence-electron chi connectivity index (χ4n) is 4.72. The van der Waals surface area contributed by atoms with Crippen LogP contribution >= 0.6 is 11.6 Å². The number of methoxy groups -OCH3 is 2.